The normalized spacial score (nSPS) is 33.5. The lowest BCUT2D eigenvalue weighted by molar-refractivity contribution is -0.143. The molecular weight excluding hydrogens is 165 g/mol. The number of carbonyl (C=O) groups is 1. The second-order valence-electron chi connectivity index (χ2n) is 4.08. The average Bonchev–Trinajstić information content (AvgIpc) is 2.43. The van der Waals surface area contributed by atoms with Gasteiger partial charge in [0.25, 0.3) is 0 Å². The van der Waals surface area contributed by atoms with Gasteiger partial charge in [-0.1, -0.05) is 19.2 Å². The minimum Gasteiger partial charge on any atom is -0.481 e. The fourth-order valence-corrected chi connectivity index (χ4v) is 2.26. The van der Waals surface area contributed by atoms with Gasteiger partial charge in [0.15, 0.2) is 0 Å². The zero-order chi connectivity index (χ0) is 9.84. The topological polar surface area (TPSA) is 63.3 Å². The van der Waals surface area contributed by atoms with Gasteiger partial charge >= 0.3 is 5.97 Å². The Morgan fingerprint density at radius 1 is 1.54 bits per heavy atom. The van der Waals surface area contributed by atoms with Crippen LogP contribution in [0.15, 0.2) is 0 Å². The molecule has 0 heterocycles. The van der Waals surface area contributed by atoms with Crippen LogP contribution >= 0.6 is 0 Å². The second kappa shape index (κ2) is 4.65. The van der Waals surface area contributed by atoms with Crippen LogP contribution in [0.1, 0.15) is 25.7 Å². The van der Waals surface area contributed by atoms with Gasteiger partial charge in [0.05, 0.1) is 5.92 Å². The Labute approximate surface area is 80.1 Å². The third-order valence-corrected chi connectivity index (χ3v) is 2.98. The van der Waals surface area contributed by atoms with Crippen molar-refractivity contribution in [2.45, 2.75) is 38.0 Å². The Kier molecular flexibility index (Phi) is 3.79. The van der Waals surface area contributed by atoms with E-state index in [1.807, 2.05) is 0 Å². The summed E-state index contributed by atoms with van der Waals surface area (Å²) in [5.74, 6) is -0.511. The van der Waals surface area contributed by atoms with Crippen LogP contribution in [0.2, 0.25) is 6.32 Å². The SMILES string of the molecule is BCCC[C@H]1C[C@H](N)C[C@H]1C(=O)O. The van der Waals surface area contributed by atoms with Crippen molar-refractivity contribution in [3.63, 3.8) is 0 Å². The summed E-state index contributed by atoms with van der Waals surface area (Å²) < 4.78 is 0. The van der Waals surface area contributed by atoms with Gasteiger partial charge < -0.3 is 10.8 Å². The van der Waals surface area contributed by atoms with E-state index in [1.54, 1.807) is 0 Å². The molecule has 1 aliphatic rings. The van der Waals surface area contributed by atoms with E-state index in [-0.39, 0.29) is 12.0 Å². The van der Waals surface area contributed by atoms with Crippen LogP contribution in [0.3, 0.4) is 0 Å². The van der Waals surface area contributed by atoms with Crippen LogP contribution in [0.5, 0.6) is 0 Å². The lowest BCUT2D eigenvalue weighted by Gasteiger charge is -2.14. The molecule has 1 fully saturated rings. The first kappa shape index (κ1) is 10.6. The highest BCUT2D eigenvalue weighted by Crippen LogP contribution is 2.34. The molecule has 0 aromatic carbocycles. The van der Waals surface area contributed by atoms with E-state index in [0.29, 0.717) is 12.3 Å². The van der Waals surface area contributed by atoms with E-state index >= 15 is 0 Å². The van der Waals surface area contributed by atoms with Crippen molar-refractivity contribution in [1.82, 2.24) is 0 Å². The molecule has 0 saturated heterocycles. The second-order valence-corrected chi connectivity index (χ2v) is 4.08. The lowest BCUT2D eigenvalue weighted by Crippen LogP contribution is -2.19. The van der Waals surface area contributed by atoms with Crippen LogP contribution in [0.25, 0.3) is 0 Å². The van der Waals surface area contributed by atoms with Gasteiger partial charge in [-0.2, -0.15) is 0 Å². The van der Waals surface area contributed by atoms with Crippen LogP contribution in [0.4, 0.5) is 0 Å². The molecule has 3 N–H and O–H groups in total. The molecule has 0 bridgehead atoms. The van der Waals surface area contributed by atoms with E-state index < -0.39 is 5.97 Å². The summed E-state index contributed by atoms with van der Waals surface area (Å²) in [6.07, 6.45) is 4.86. The van der Waals surface area contributed by atoms with Crippen molar-refractivity contribution in [3.05, 3.63) is 0 Å². The van der Waals surface area contributed by atoms with Crippen LogP contribution in [0, 0.1) is 11.8 Å². The van der Waals surface area contributed by atoms with Gasteiger partial charge in [0.2, 0.25) is 0 Å². The summed E-state index contributed by atoms with van der Waals surface area (Å²) in [6.45, 7) is 0. The maximum absolute atomic E-state index is 10.9. The Balaban J connectivity index is 2.45. The molecule has 74 valence electrons. The zero-order valence-corrected chi connectivity index (χ0v) is 8.20. The predicted octanol–water partition coefficient (Wildman–Crippen LogP) is 0.256. The lowest BCUT2D eigenvalue weighted by atomic mass is 9.88. The molecule has 4 heteroatoms. The number of hydrogen-bond donors (Lipinski definition) is 2. The summed E-state index contributed by atoms with van der Waals surface area (Å²) >= 11 is 0. The summed E-state index contributed by atoms with van der Waals surface area (Å²) in [4.78, 5) is 10.9. The van der Waals surface area contributed by atoms with E-state index in [2.05, 4.69) is 7.85 Å². The van der Waals surface area contributed by atoms with Gasteiger partial charge in [-0.25, -0.2) is 0 Å². The quantitative estimate of drug-likeness (QED) is 0.614. The molecule has 0 aromatic heterocycles. The number of rotatable bonds is 4. The van der Waals surface area contributed by atoms with E-state index in [9.17, 15) is 4.79 Å². The molecule has 0 aliphatic heterocycles. The maximum atomic E-state index is 10.9. The summed E-state index contributed by atoms with van der Waals surface area (Å²) in [5.41, 5.74) is 5.76. The van der Waals surface area contributed by atoms with Crippen LogP contribution in [-0.2, 0) is 4.79 Å². The highest BCUT2D eigenvalue weighted by Gasteiger charge is 2.36. The molecule has 1 aliphatic carbocycles. The Hall–Kier alpha value is -0.505. The highest BCUT2D eigenvalue weighted by atomic mass is 16.4. The van der Waals surface area contributed by atoms with Crippen molar-refractivity contribution < 1.29 is 9.90 Å². The standard InChI is InChI=1S/C9H18BNO2/c10-3-1-2-6-4-7(11)5-8(6)9(12)13/h6-8H,1-5,10-11H2,(H,12,13)/t6-,7-,8+/m0/s1. The highest BCUT2D eigenvalue weighted by molar-refractivity contribution is 6.08. The maximum Gasteiger partial charge on any atom is 0.306 e. The van der Waals surface area contributed by atoms with Gasteiger partial charge in [-0.15, -0.1) is 0 Å². The van der Waals surface area contributed by atoms with Crippen molar-refractivity contribution in [1.29, 1.82) is 0 Å². The van der Waals surface area contributed by atoms with Gasteiger partial charge in [0.1, 0.15) is 7.85 Å². The zero-order valence-electron chi connectivity index (χ0n) is 8.20. The summed E-state index contributed by atoms with van der Waals surface area (Å²) in [7, 11) is 2.13. The molecule has 0 spiro atoms. The summed E-state index contributed by atoms with van der Waals surface area (Å²) in [6, 6.07) is 0.114. The fourth-order valence-electron chi connectivity index (χ4n) is 2.26. The van der Waals surface area contributed by atoms with E-state index in [0.717, 1.165) is 25.6 Å². The van der Waals surface area contributed by atoms with Gasteiger partial charge in [-0.05, 0) is 18.8 Å². The minimum atomic E-state index is -0.658. The Morgan fingerprint density at radius 3 is 2.77 bits per heavy atom. The third kappa shape index (κ3) is 2.73. The van der Waals surface area contributed by atoms with Crippen LogP contribution < -0.4 is 5.73 Å². The molecular formula is C9H18BNO2. The van der Waals surface area contributed by atoms with Crippen molar-refractivity contribution in [2.75, 3.05) is 0 Å². The molecule has 13 heavy (non-hydrogen) atoms. The smallest absolute Gasteiger partial charge is 0.306 e. The van der Waals surface area contributed by atoms with Crippen molar-refractivity contribution in [3.8, 4) is 0 Å². The first-order valence-corrected chi connectivity index (χ1v) is 5.13. The van der Waals surface area contributed by atoms with Crippen molar-refractivity contribution in [2.24, 2.45) is 17.6 Å². The minimum absolute atomic E-state index is 0.114. The molecule has 0 radical (unpaired) electrons. The molecule has 0 aromatic rings. The molecule has 1 rings (SSSR count). The third-order valence-electron chi connectivity index (χ3n) is 2.98. The fraction of sp³-hybridized carbons (Fsp3) is 0.889. The van der Waals surface area contributed by atoms with E-state index in [4.69, 9.17) is 10.8 Å². The average molecular weight is 183 g/mol. The number of carboxylic acid groups (broad SMARTS) is 1. The van der Waals surface area contributed by atoms with Crippen molar-refractivity contribution >= 4 is 13.8 Å². The summed E-state index contributed by atoms with van der Waals surface area (Å²) in [5, 5.41) is 8.95. The largest absolute Gasteiger partial charge is 0.481 e. The molecule has 1 saturated carbocycles. The Morgan fingerprint density at radius 2 is 2.23 bits per heavy atom. The molecule has 3 atom stereocenters. The van der Waals surface area contributed by atoms with Gasteiger partial charge in [0, 0.05) is 6.04 Å². The van der Waals surface area contributed by atoms with E-state index in [1.165, 1.54) is 0 Å². The number of aliphatic carboxylic acids is 1. The van der Waals surface area contributed by atoms with Gasteiger partial charge in [-0.3, -0.25) is 4.79 Å². The first-order valence-electron chi connectivity index (χ1n) is 5.13. The molecule has 0 unspecified atom stereocenters. The predicted molar refractivity (Wildman–Crippen MR) is 54.4 cm³/mol. The number of hydrogen-bond acceptors (Lipinski definition) is 2. The number of carboxylic acids is 1. The monoisotopic (exact) mass is 183 g/mol. The first-order chi connectivity index (χ1) is 6.15. The number of nitrogens with two attached hydrogens (primary N) is 1. The Bertz CT molecular complexity index is 186. The molecule has 3 nitrogen and oxygen atoms in total. The molecule has 0 amide bonds. The van der Waals surface area contributed by atoms with Crippen LogP contribution in [-0.4, -0.2) is 25.0 Å².